The molecule has 21 heavy (non-hydrogen) atoms. The van der Waals surface area contributed by atoms with Crippen LogP contribution < -0.4 is 10.1 Å². The Balaban J connectivity index is 2.17. The van der Waals surface area contributed by atoms with Gasteiger partial charge in [-0.05, 0) is 19.1 Å². The van der Waals surface area contributed by atoms with Gasteiger partial charge in [0.25, 0.3) is 0 Å². The zero-order chi connectivity index (χ0) is 15.7. The second kappa shape index (κ2) is 9.84. The molecular weight excluding hydrogens is 317 g/mol. The number of aliphatic hydroxyl groups is 1. The smallest absolute Gasteiger partial charge is 0.307 e. The maximum Gasteiger partial charge on any atom is 0.307 e. The third kappa shape index (κ3) is 7.52. The van der Waals surface area contributed by atoms with Crippen LogP contribution in [0.5, 0.6) is 5.75 Å². The van der Waals surface area contributed by atoms with E-state index in [4.69, 9.17) is 32.7 Å². The summed E-state index contributed by atoms with van der Waals surface area (Å²) in [7, 11) is 0. The molecule has 0 heterocycles. The average Bonchev–Trinajstić information content (AvgIpc) is 2.45. The maximum absolute atomic E-state index is 11.1. The quantitative estimate of drug-likeness (QED) is 0.535. The molecule has 0 saturated carbocycles. The number of carbonyl (C=O) groups excluding carboxylic acids is 1. The minimum atomic E-state index is -0.693. The highest BCUT2D eigenvalue weighted by Gasteiger charge is 2.07. The Morgan fingerprint density at radius 2 is 2.14 bits per heavy atom. The van der Waals surface area contributed by atoms with Crippen LogP contribution in [0.1, 0.15) is 13.3 Å². The first-order valence-electron chi connectivity index (χ1n) is 6.65. The lowest BCUT2D eigenvalue weighted by atomic mass is 10.3. The number of rotatable bonds is 9. The fourth-order valence-electron chi connectivity index (χ4n) is 1.51. The van der Waals surface area contributed by atoms with Gasteiger partial charge in [-0.25, -0.2) is 0 Å². The number of ether oxygens (including phenoxy) is 2. The molecule has 0 aliphatic rings. The summed E-state index contributed by atoms with van der Waals surface area (Å²) in [5.41, 5.74) is 0. The van der Waals surface area contributed by atoms with Gasteiger partial charge in [0.2, 0.25) is 0 Å². The van der Waals surface area contributed by atoms with Crippen LogP contribution in [0.2, 0.25) is 10.0 Å². The zero-order valence-corrected chi connectivity index (χ0v) is 13.3. The maximum atomic E-state index is 11.1. The van der Waals surface area contributed by atoms with E-state index in [0.29, 0.717) is 35.5 Å². The molecule has 0 amide bonds. The van der Waals surface area contributed by atoms with E-state index in [-0.39, 0.29) is 19.0 Å². The summed E-state index contributed by atoms with van der Waals surface area (Å²) in [6.45, 7) is 3.02. The van der Waals surface area contributed by atoms with E-state index in [1.54, 1.807) is 25.1 Å². The fourth-order valence-corrected chi connectivity index (χ4v) is 1.80. The first-order chi connectivity index (χ1) is 10.0. The van der Waals surface area contributed by atoms with Crippen molar-refractivity contribution in [3.8, 4) is 5.75 Å². The van der Waals surface area contributed by atoms with E-state index in [1.807, 2.05) is 0 Å². The molecule has 0 radical (unpaired) electrons. The van der Waals surface area contributed by atoms with Crippen molar-refractivity contribution in [1.82, 2.24) is 5.32 Å². The number of hydrogen-bond acceptors (Lipinski definition) is 5. The minimum absolute atomic E-state index is 0.115. The predicted octanol–water partition coefficient (Wildman–Crippen LogP) is 2.28. The molecule has 0 aliphatic heterocycles. The Morgan fingerprint density at radius 3 is 2.81 bits per heavy atom. The SMILES string of the molecule is CCOC(=O)CCNCC(O)COc1ccc(Cl)c(Cl)c1. The van der Waals surface area contributed by atoms with Gasteiger partial charge in [0.15, 0.2) is 0 Å². The Bertz CT molecular complexity index is 457. The van der Waals surface area contributed by atoms with Gasteiger partial charge in [0.1, 0.15) is 18.5 Å². The van der Waals surface area contributed by atoms with Crippen molar-refractivity contribution < 1.29 is 19.4 Å². The van der Waals surface area contributed by atoms with Crippen molar-refractivity contribution in [1.29, 1.82) is 0 Å². The van der Waals surface area contributed by atoms with E-state index in [0.717, 1.165) is 0 Å². The topological polar surface area (TPSA) is 67.8 Å². The largest absolute Gasteiger partial charge is 0.491 e. The van der Waals surface area contributed by atoms with E-state index >= 15 is 0 Å². The molecule has 0 bridgehead atoms. The van der Waals surface area contributed by atoms with Crippen molar-refractivity contribution in [2.45, 2.75) is 19.4 Å². The first-order valence-corrected chi connectivity index (χ1v) is 7.40. The van der Waals surface area contributed by atoms with Crippen LogP contribution in [0.15, 0.2) is 18.2 Å². The molecule has 0 spiro atoms. The van der Waals surface area contributed by atoms with Gasteiger partial charge in [-0.1, -0.05) is 23.2 Å². The predicted molar refractivity (Wildman–Crippen MR) is 82.1 cm³/mol. The molecule has 0 aliphatic carbocycles. The summed E-state index contributed by atoms with van der Waals surface area (Å²) < 4.78 is 10.2. The molecule has 1 rings (SSSR count). The Hall–Kier alpha value is -1.01. The number of carbonyl (C=O) groups is 1. The van der Waals surface area contributed by atoms with Gasteiger partial charge < -0.3 is 19.9 Å². The molecule has 7 heteroatoms. The summed E-state index contributed by atoms with van der Waals surface area (Å²) in [4.78, 5) is 11.1. The summed E-state index contributed by atoms with van der Waals surface area (Å²) in [5, 5.41) is 13.5. The lowest BCUT2D eigenvalue weighted by Crippen LogP contribution is -2.32. The number of esters is 1. The molecule has 0 saturated heterocycles. The van der Waals surface area contributed by atoms with Gasteiger partial charge >= 0.3 is 5.97 Å². The zero-order valence-electron chi connectivity index (χ0n) is 11.8. The molecule has 1 atom stereocenters. The summed E-state index contributed by atoms with van der Waals surface area (Å²) in [5.74, 6) is 0.279. The normalized spacial score (nSPS) is 12.0. The Labute approximate surface area is 134 Å². The second-order valence-electron chi connectivity index (χ2n) is 4.30. The molecule has 5 nitrogen and oxygen atoms in total. The monoisotopic (exact) mass is 335 g/mol. The number of hydrogen-bond donors (Lipinski definition) is 2. The van der Waals surface area contributed by atoms with Crippen LogP contribution >= 0.6 is 23.2 Å². The van der Waals surface area contributed by atoms with Gasteiger partial charge in [-0.3, -0.25) is 4.79 Å². The van der Waals surface area contributed by atoms with Crippen LogP contribution in [0, 0.1) is 0 Å². The fraction of sp³-hybridized carbons (Fsp3) is 0.500. The lowest BCUT2D eigenvalue weighted by Gasteiger charge is -2.13. The summed E-state index contributed by atoms with van der Waals surface area (Å²) in [6, 6.07) is 4.89. The van der Waals surface area contributed by atoms with Crippen LogP contribution in [0.25, 0.3) is 0 Å². The summed E-state index contributed by atoms with van der Waals surface area (Å²) in [6.07, 6.45) is -0.421. The van der Waals surface area contributed by atoms with Crippen molar-refractivity contribution in [3.63, 3.8) is 0 Å². The van der Waals surface area contributed by atoms with Crippen molar-refractivity contribution in [2.24, 2.45) is 0 Å². The highest BCUT2D eigenvalue weighted by atomic mass is 35.5. The molecule has 118 valence electrons. The molecule has 2 N–H and O–H groups in total. The van der Waals surface area contributed by atoms with E-state index < -0.39 is 6.10 Å². The van der Waals surface area contributed by atoms with E-state index in [1.165, 1.54) is 0 Å². The number of benzene rings is 1. The van der Waals surface area contributed by atoms with Gasteiger partial charge in [-0.15, -0.1) is 0 Å². The third-order valence-corrected chi connectivity index (χ3v) is 3.26. The van der Waals surface area contributed by atoms with E-state index in [2.05, 4.69) is 5.32 Å². The molecule has 1 aromatic rings. The van der Waals surface area contributed by atoms with E-state index in [9.17, 15) is 9.90 Å². The highest BCUT2D eigenvalue weighted by molar-refractivity contribution is 6.42. The molecule has 0 aromatic heterocycles. The third-order valence-electron chi connectivity index (χ3n) is 2.52. The van der Waals surface area contributed by atoms with Crippen molar-refractivity contribution in [3.05, 3.63) is 28.2 Å². The van der Waals surface area contributed by atoms with Crippen LogP contribution in [-0.4, -0.2) is 43.5 Å². The van der Waals surface area contributed by atoms with Gasteiger partial charge in [-0.2, -0.15) is 0 Å². The minimum Gasteiger partial charge on any atom is -0.491 e. The Kier molecular flexibility index (Phi) is 8.45. The van der Waals surface area contributed by atoms with Crippen LogP contribution in [0.4, 0.5) is 0 Å². The number of nitrogens with one attached hydrogen (secondary N) is 1. The second-order valence-corrected chi connectivity index (χ2v) is 5.11. The van der Waals surface area contributed by atoms with Crippen LogP contribution in [-0.2, 0) is 9.53 Å². The highest BCUT2D eigenvalue weighted by Crippen LogP contribution is 2.26. The Morgan fingerprint density at radius 1 is 1.38 bits per heavy atom. The lowest BCUT2D eigenvalue weighted by molar-refractivity contribution is -0.143. The number of aliphatic hydroxyl groups excluding tert-OH is 1. The molecular formula is C14H19Cl2NO4. The average molecular weight is 336 g/mol. The summed E-state index contributed by atoms with van der Waals surface area (Å²) >= 11 is 11.6. The van der Waals surface area contributed by atoms with Gasteiger partial charge in [0.05, 0.1) is 23.1 Å². The van der Waals surface area contributed by atoms with Crippen molar-refractivity contribution in [2.75, 3.05) is 26.3 Å². The van der Waals surface area contributed by atoms with Crippen molar-refractivity contribution >= 4 is 29.2 Å². The van der Waals surface area contributed by atoms with Crippen LogP contribution in [0.3, 0.4) is 0 Å². The molecule has 1 aromatic carbocycles. The number of halogens is 2. The first kappa shape index (κ1) is 18.0. The molecule has 0 fully saturated rings. The standard InChI is InChI=1S/C14H19Cl2NO4/c1-2-20-14(19)5-6-17-8-10(18)9-21-11-3-4-12(15)13(16)7-11/h3-4,7,10,17-18H,2,5-6,8-9H2,1H3. The van der Waals surface area contributed by atoms with Gasteiger partial charge in [0, 0.05) is 19.2 Å². The molecule has 1 unspecified atom stereocenters.